The third-order valence-electron chi connectivity index (χ3n) is 4.04. The summed E-state index contributed by atoms with van der Waals surface area (Å²) < 4.78 is 20.7. The number of nitrogens with zero attached hydrogens (tertiary/aromatic N) is 2. The lowest BCUT2D eigenvalue weighted by Crippen LogP contribution is -2.16. The first kappa shape index (κ1) is 19.9. The van der Waals surface area contributed by atoms with Gasteiger partial charge in [-0.2, -0.15) is 0 Å². The molecule has 0 saturated heterocycles. The molecule has 146 valence electrons. The molecule has 0 radical (unpaired) electrons. The highest BCUT2D eigenvalue weighted by atomic mass is 32.2. The van der Waals surface area contributed by atoms with Crippen LogP contribution in [0.1, 0.15) is 11.3 Å². The van der Waals surface area contributed by atoms with Crippen LogP contribution in [-0.4, -0.2) is 33.4 Å². The first-order valence-corrected chi connectivity index (χ1v) is 9.54. The van der Waals surface area contributed by atoms with E-state index < -0.39 is 5.82 Å². The van der Waals surface area contributed by atoms with Crippen molar-refractivity contribution in [2.45, 2.75) is 18.3 Å². The number of benzene rings is 2. The third kappa shape index (κ3) is 4.90. The maximum atomic E-state index is 13.6. The van der Waals surface area contributed by atoms with Gasteiger partial charge in [-0.25, -0.2) is 9.37 Å². The number of imidazole rings is 1. The molecule has 0 atom stereocenters. The summed E-state index contributed by atoms with van der Waals surface area (Å²) in [5.74, 6) is 0.0130. The average Bonchev–Trinajstić information content (AvgIpc) is 3.10. The van der Waals surface area contributed by atoms with Crippen molar-refractivity contribution >= 4 is 23.4 Å². The highest BCUT2D eigenvalue weighted by molar-refractivity contribution is 7.99. The lowest BCUT2D eigenvalue weighted by atomic mass is 10.2. The Morgan fingerprint density at radius 2 is 2.00 bits per heavy atom. The van der Waals surface area contributed by atoms with Gasteiger partial charge in [0.2, 0.25) is 5.91 Å². The number of hydrogen-bond donors (Lipinski definition) is 2. The van der Waals surface area contributed by atoms with Crippen molar-refractivity contribution in [3.8, 4) is 5.75 Å². The Kier molecular flexibility index (Phi) is 6.67. The van der Waals surface area contributed by atoms with E-state index in [0.717, 1.165) is 11.3 Å². The molecule has 0 saturated carbocycles. The van der Waals surface area contributed by atoms with E-state index >= 15 is 0 Å². The summed E-state index contributed by atoms with van der Waals surface area (Å²) in [6.07, 6.45) is 1.58. The number of hydrogen-bond acceptors (Lipinski definition) is 5. The van der Waals surface area contributed by atoms with Gasteiger partial charge in [0.1, 0.15) is 11.6 Å². The van der Waals surface area contributed by atoms with Crippen molar-refractivity contribution in [3.63, 3.8) is 0 Å². The van der Waals surface area contributed by atoms with Crippen LogP contribution in [0.5, 0.6) is 5.75 Å². The minimum Gasteiger partial charge on any atom is -0.497 e. The van der Waals surface area contributed by atoms with Crippen LogP contribution in [0.25, 0.3) is 0 Å². The molecule has 3 rings (SSSR count). The second-order valence-corrected chi connectivity index (χ2v) is 6.88. The molecule has 0 unspecified atom stereocenters. The largest absolute Gasteiger partial charge is 0.497 e. The Hall–Kier alpha value is -2.84. The van der Waals surface area contributed by atoms with Crippen molar-refractivity contribution in [1.29, 1.82) is 0 Å². The van der Waals surface area contributed by atoms with Gasteiger partial charge in [-0.05, 0) is 29.8 Å². The van der Waals surface area contributed by atoms with Gasteiger partial charge in [0.15, 0.2) is 5.16 Å². The van der Waals surface area contributed by atoms with Crippen molar-refractivity contribution in [1.82, 2.24) is 9.55 Å². The number of ether oxygens (including phenoxy) is 1. The van der Waals surface area contributed by atoms with Gasteiger partial charge in [0, 0.05) is 6.54 Å². The smallest absolute Gasteiger partial charge is 0.234 e. The van der Waals surface area contributed by atoms with Crippen molar-refractivity contribution < 1.29 is 19.0 Å². The van der Waals surface area contributed by atoms with Gasteiger partial charge in [0.25, 0.3) is 0 Å². The number of nitrogens with one attached hydrogen (secondary N) is 1. The van der Waals surface area contributed by atoms with Crippen molar-refractivity contribution in [2.75, 3.05) is 18.2 Å². The molecule has 8 heteroatoms. The van der Waals surface area contributed by atoms with Gasteiger partial charge < -0.3 is 19.7 Å². The number of aliphatic hydroxyl groups is 1. The molecule has 1 amide bonds. The number of para-hydroxylation sites is 1. The van der Waals surface area contributed by atoms with Gasteiger partial charge in [-0.3, -0.25) is 4.79 Å². The standard InChI is InChI=1S/C20H20FN3O3S/c1-27-16-8-6-14(7-9-16)11-24-15(12-25)10-22-20(24)28-13-19(26)23-18-5-3-2-4-17(18)21/h2-10,25H,11-13H2,1H3,(H,23,26). The van der Waals surface area contributed by atoms with E-state index in [4.69, 9.17) is 4.74 Å². The number of carbonyl (C=O) groups is 1. The number of carbonyl (C=O) groups excluding carboxylic acids is 1. The predicted molar refractivity (Wildman–Crippen MR) is 106 cm³/mol. The average molecular weight is 401 g/mol. The molecular formula is C20H20FN3O3S. The Morgan fingerprint density at radius 1 is 1.25 bits per heavy atom. The number of aromatic nitrogens is 2. The molecule has 6 nitrogen and oxygen atoms in total. The summed E-state index contributed by atoms with van der Waals surface area (Å²) in [7, 11) is 1.61. The van der Waals surface area contributed by atoms with Gasteiger partial charge >= 0.3 is 0 Å². The van der Waals surface area contributed by atoms with Crippen molar-refractivity contribution in [3.05, 3.63) is 71.8 Å². The van der Waals surface area contributed by atoms with Crippen LogP contribution in [0.2, 0.25) is 0 Å². The van der Waals surface area contributed by atoms with E-state index in [-0.39, 0.29) is 24.0 Å². The molecule has 0 spiro atoms. The Labute approximate surface area is 166 Å². The van der Waals surface area contributed by atoms with E-state index in [9.17, 15) is 14.3 Å². The molecule has 0 aliphatic carbocycles. The lowest BCUT2D eigenvalue weighted by molar-refractivity contribution is -0.113. The summed E-state index contributed by atoms with van der Waals surface area (Å²) >= 11 is 1.22. The lowest BCUT2D eigenvalue weighted by Gasteiger charge is -2.11. The number of rotatable bonds is 8. The van der Waals surface area contributed by atoms with Crippen LogP contribution < -0.4 is 10.1 Å². The van der Waals surface area contributed by atoms with Crippen LogP contribution in [-0.2, 0) is 17.9 Å². The zero-order valence-corrected chi connectivity index (χ0v) is 16.1. The topological polar surface area (TPSA) is 76.4 Å². The molecule has 0 aliphatic heterocycles. The summed E-state index contributed by atoms with van der Waals surface area (Å²) in [5.41, 5.74) is 1.80. The molecule has 0 bridgehead atoms. The Balaban J connectivity index is 1.67. The number of amides is 1. The number of aliphatic hydroxyl groups excluding tert-OH is 1. The molecule has 1 aromatic heterocycles. The maximum Gasteiger partial charge on any atom is 0.234 e. The summed E-state index contributed by atoms with van der Waals surface area (Å²) in [4.78, 5) is 16.5. The van der Waals surface area contributed by atoms with Crippen LogP contribution >= 0.6 is 11.8 Å². The number of methoxy groups -OCH3 is 1. The van der Waals surface area contributed by atoms with Crippen LogP contribution in [0.3, 0.4) is 0 Å². The van der Waals surface area contributed by atoms with E-state index in [2.05, 4.69) is 10.3 Å². The molecule has 3 aromatic rings. The summed E-state index contributed by atoms with van der Waals surface area (Å²) in [6.45, 7) is 0.336. The second kappa shape index (κ2) is 9.38. The highest BCUT2D eigenvalue weighted by Gasteiger charge is 2.13. The fourth-order valence-electron chi connectivity index (χ4n) is 2.59. The molecule has 2 N–H and O–H groups in total. The zero-order valence-electron chi connectivity index (χ0n) is 15.3. The van der Waals surface area contributed by atoms with Crippen LogP contribution in [0.15, 0.2) is 59.9 Å². The molecule has 1 heterocycles. The first-order valence-electron chi connectivity index (χ1n) is 8.56. The zero-order chi connectivity index (χ0) is 19.9. The van der Waals surface area contributed by atoms with Crippen LogP contribution in [0.4, 0.5) is 10.1 Å². The molecule has 28 heavy (non-hydrogen) atoms. The minimum absolute atomic E-state index is 0.0683. The number of anilines is 1. The quantitative estimate of drug-likeness (QED) is 0.567. The van der Waals surface area contributed by atoms with Gasteiger partial charge in [0.05, 0.1) is 37.0 Å². The van der Waals surface area contributed by atoms with E-state index in [1.807, 2.05) is 28.8 Å². The van der Waals surface area contributed by atoms with E-state index in [0.29, 0.717) is 17.4 Å². The highest BCUT2D eigenvalue weighted by Crippen LogP contribution is 2.22. The first-order chi connectivity index (χ1) is 13.6. The summed E-state index contributed by atoms with van der Waals surface area (Å²) in [5, 5.41) is 12.7. The molecular weight excluding hydrogens is 381 g/mol. The normalized spacial score (nSPS) is 10.7. The fraction of sp³-hybridized carbons (Fsp3) is 0.200. The van der Waals surface area contributed by atoms with Crippen molar-refractivity contribution in [2.24, 2.45) is 0 Å². The van der Waals surface area contributed by atoms with E-state index in [1.165, 1.54) is 23.9 Å². The van der Waals surface area contributed by atoms with Gasteiger partial charge in [-0.1, -0.05) is 36.0 Å². The Bertz CT molecular complexity index is 944. The summed E-state index contributed by atoms with van der Waals surface area (Å²) in [6, 6.07) is 13.6. The molecule has 0 fully saturated rings. The molecule has 2 aromatic carbocycles. The number of thioether (sulfide) groups is 1. The third-order valence-corrected chi connectivity index (χ3v) is 5.03. The second-order valence-electron chi connectivity index (χ2n) is 5.94. The maximum absolute atomic E-state index is 13.6. The monoisotopic (exact) mass is 401 g/mol. The number of halogens is 1. The molecule has 0 aliphatic rings. The minimum atomic E-state index is -0.482. The SMILES string of the molecule is COc1ccc(Cn2c(CO)cnc2SCC(=O)Nc2ccccc2F)cc1. The Morgan fingerprint density at radius 3 is 2.68 bits per heavy atom. The predicted octanol–water partition coefficient (Wildman–Crippen LogP) is 3.30. The van der Waals surface area contributed by atoms with Crippen LogP contribution in [0, 0.1) is 5.82 Å². The van der Waals surface area contributed by atoms with Gasteiger partial charge in [-0.15, -0.1) is 0 Å². The fourth-order valence-corrected chi connectivity index (χ4v) is 3.39. The van der Waals surface area contributed by atoms with E-state index in [1.54, 1.807) is 25.4 Å².